The van der Waals surface area contributed by atoms with Crippen molar-refractivity contribution >= 4 is 37.3 Å². The monoisotopic (exact) mass is 375 g/mol. The number of phenols is 1. The first-order chi connectivity index (χ1) is 9.30. The van der Waals surface area contributed by atoms with Crippen LogP contribution in [0, 0.1) is 6.92 Å². The summed E-state index contributed by atoms with van der Waals surface area (Å²) in [6.07, 6.45) is 0. The van der Waals surface area contributed by atoms with Crippen molar-refractivity contribution in [3.8, 4) is 5.75 Å². The van der Waals surface area contributed by atoms with E-state index in [-0.39, 0.29) is 12.3 Å². The van der Waals surface area contributed by atoms with Crippen molar-refractivity contribution in [1.29, 1.82) is 0 Å². The first-order valence-electron chi connectivity index (χ1n) is 5.81. The number of halogens is 1. The molecule has 0 atom stereocenters. The maximum absolute atomic E-state index is 12.5. The molecule has 2 aromatic rings. The Morgan fingerprint density at radius 2 is 2.05 bits per heavy atom. The Morgan fingerprint density at radius 1 is 1.35 bits per heavy atom. The molecular formula is C13H14BrNO3S2. The molecular weight excluding hydrogens is 362 g/mol. The molecule has 0 radical (unpaired) electrons. The summed E-state index contributed by atoms with van der Waals surface area (Å²) in [5.74, 6) is 0.128. The smallest absolute Gasteiger partial charge is 0.244 e. The van der Waals surface area contributed by atoms with Crippen molar-refractivity contribution in [2.45, 2.75) is 18.4 Å². The summed E-state index contributed by atoms with van der Waals surface area (Å²) in [6.45, 7) is 1.99. The fourth-order valence-corrected chi connectivity index (χ4v) is 5.39. The van der Waals surface area contributed by atoms with Gasteiger partial charge in [0.1, 0.15) is 5.75 Å². The van der Waals surface area contributed by atoms with Crippen LogP contribution in [0.15, 0.2) is 39.0 Å². The first-order valence-corrected chi connectivity index (χ1v) is 8.86. The number of hydrogen-bond donors (Lipinski definition) is 1. The summed E-state index contributed by atoms with van der Waals surface area (Å²) < 4.78 is 27.1. The molecule has 1 heterocycles. The predicted molar refractivity (Wildman–Crippen MR) is 83.5 cm³/mol. The van der Waals surface area contributed by atoms with Gasteiger partial charge in [-0.25, -0.2) is 8.42 Å². The van der Waals surface area contributed by atoms with Gasteiger partial charge >= 0.3 is 0 Å². The van der Waals surface area contributed by atoms with Crippen LogP contribution in [-0.4, -0.2) is 24.9 Å². The Kier molecular flexibility index (Phi) is 4.53. The second kappa shape index (κ2) is 5.85. The van der Waals surface area contributed by atoms with Crippen LogP contribution in [-0.2, 0) is 16.6 Å². The molecule has 2 rings (SSSR count). The average Bonchev–Trinajstić information content (AvgIpc) is 2.69. The van der Waals surface area contributed by atoms with Gasteiger partial charge in [-0.3, -0.25) is 0 Å². The standard InChI is InChI=1S/C13H14BrNO3S2/c1-9-12(7-13(14)19-9)20(17,18)15(2)8-10-4-3-5-11(16)6-10/h3-7,16H,8H2,1-2H3. The van der Waals surface area contributed by atoms with Crippen LogP contribution in [0.5, 0.6) is 5.75 Å². The normalized spacial score (nSPS) is 12.0. The largest absolute Gasteiger partial charge is 0.508 e. The number of phenolic OH excluding ortho intramolecular Hbond substituents is 1. The van der Waals surface area contributed by atoms with Crippen LogP contribution in [0.3, 0.4) is 0 Å². The fraction of sp³-hybridized carbons (Fsp3) is 0.231. The third-order valence-electron chi connectivity index (χ3n) is 2.85. The van der Waals surface area contributed by atoms with Gasteiger partial charge in [0, 0.05) is 18.5 Å². The zero-order valence-electron chi connectivity index (χ0n) is 11.0. The second-order valence-electron chi connectivity index (χ2n) is 4.40. The van der Waals surface area contributed by atoms with Crippen molar-refractivity contribution in [2.75, 3.05) is 7.05 Å². The van der Waals surface area contributed by atoms with Crippen LogP contribution < -0.4 is 0 Å². The minimum Gasteiger partial charge on any atom is -0.508 e. The first kappa shape index (κ1) is 15.5. The van der Waals surface area contributed by atoms with Gasteiger partial charge in [0.25, 0.3) is 0 Å². The summed E-state index contributed by atoms with van der Waals surface area (Å²) in [4.78, 5) is 1.07. The number of aromatic hydroxyl groups is 1. The predicted octanol–water partition coefficient (Wildman–Crippen LogP) is 3.35. The minimum absolute atomic E-state index is 0.128. The van der Waals surface area contributed by atoms with Crippen LogP contribution in [0.2, 0.25) is 0 Å². The van der Waals surface area contributed by atoms with Gasteiger partial charge in [0.05, 0.1) is 8.68 Å². The lowest BCUT2D eigenvalue weighted by atomic mass is 10.2. The van der Waals surface area contributed by atoms with E-state index >= 15 is 0 Å². The van der Waals surface area contributed by atoms with Gasteiger partial charge in [-0.05, 0) is 46.6 Å². The number of nitrogens with zero attached hydrogens (tertiary/aromatic N) is 1. The van der Waals surface area contributed by atoms with E-state index in [2.05, 4.69) is 15.9 Å². The molecule has 1 aromatic carbocycles. The summed E-state index contributed by atoms with van der Waals surface area (Å²) in [5, 5.41) is 9.42. The molecule has 0 aliphatic carbocycles. The highest BCUT2D eigenvalue weighted by molar-refractivity contribution is 9.11. The van der Waals surface area contributed by atoms with Gasteiger partial charge in [-0.2, -0.15) is 4.31 Å². The quantitative estimate of drug-likeness (QED) is 0.891. The van der Waals surface area contributed by atoms with Crippen LogP contribution in [0.1, 0.15) is 10.4 Å². The Morgan fingerprint density at radius 3 is 2.60 bits per heavy atom. The van der Waals surface area contributed by atoms with Crippen molar-refractivity contribution < 1.29 is 13.5 Å². The Bertz CT molecular complexity index is 725. The molecule has 0 aliphatic heterocycles. The molecule has 0 bridgehead atoms. The van der Waals surface area contributed by atoms with Crippen LogP contribution >= 0.6 is 27.3 Å². The zero-order valence-corrected chi connectivity index (χ0v) is 14.2. The maximum Gasteiger partial charge on any atom is 0.244 e. The molecule has 0 unspecified atom stereocenters. The minimum atomic E-state index is -3.53. The molecule has 108 valence electrons. The number of aryl methyl sites for hydroxylation is 1. The lowest BCUT2D eigenvalue weighted by Crippen LogP contribution is -2.26. The third-order valence-corrected chi connectivity index (χ3v) is 6.46. The fourth-order valence-electron chi connectivity index (χ4n) is 1.85. The lowest BCUT2D eigenvalue weighted by Gasteiger charge is -2.17. The van der Waals surface area contributed by atoms with Crippen molar-refractivity contribution in [2.24, 2.45) is 0 Å². The molecule has 7 heteroatoms. The Labute approximate surface area is 130 Å². The van der Waals surface area contributed by atoms with Crippen LogP contribution in [0.25, 0.3) is 0 Å². The van der Waals surface area contributed by atoms with Crippen molar-refractivity contribution in [3.05, 3.63) is 44.6 Å². The Balaban J connectivity index is 2.28. The molecule has 4 nitrogen and oxygen atoms in total. The van der Waals surface area contributed by atoms with Gasteiger partial charge in [0.2, 0.25) is 10.0 Å². The van der Waals surface area contributed by atoms with Gasteiger partial charge in [0.15, 0.2) is 0 Å². The van der Waals surface area contributed by atoms with Crippen molar-refractivity contribution in [3.63, 3.8) is 0 Å². The van der Waals surface area contributed by atoms with E-state index in [4.69, 9.17) is 0 Å². The van der Waals surface area contributed by atoms with Gasteiger partial charge in [-0.15, -0.1) is 11.3 Å². The zero-order chi connectivity index (χ0) is 14.9. The number of thiophene rings is 1. The third kappa shape index (κ3) is 3.22. The molecule has 1 N–H and O–H groups in total. The summed E-state index contributed by atoms with van der Waals surface area (Å²) in [6, 6.07) is 8.20. The molecule has 0 saturated heterocycles. The van der Waals surface area contributed by atoms with E-state index in [9.17, 15) is 13.5 Å². The maximum atomic E-state index is 12.5. The van der Waals surface area contributed by atoms with E-state index < -0.39 is 10.0 Å². The number of benzene rings is 1. The molecule has 0 spiro atoms. The molecule has 1 aromatic heterocycles. The molecule has 0 saturated carbocycles. The van der Waals surface area contributed by atoms with Crippen molar-refractivity contribution in [1.82, 2.24) is 4.31 Å². The van der Waals surface area contributed by atoms with E-state index in [0.717, 1.165) is 14.2 Å². The SMILES string of the molecule is Cc1sc(Br)cc1S(=O)(=O)N(C)Cc1cccc(O)c1. The van der Waals surface area contributed by atoms with E-state index in [1.165, 1.54) is 22.7 Å². The number of sulfonamides is 1. The lowest BCUT2D eigenvalue weighted by molar-refractivity contribution is 0.458. The molecule has 0 amide bonds. The Hall–Kier alpha value is -0.890. The van der Waals surface area contributed by atoms with Gasteiger partial charge < -0.3 is 5.11 Å². The summed E-state index contributed by atoms with van der Waals surface area (Å²) in [5.41, 5.74) is 0.739. The topological polar surface area (TPSA) is 57.6 Å². The van der Waals surface area contributed by atoms with E-state index in [0.29, 0.717) is 4.90 Å². The van der Waals surface area contributed by atoms with Crippen LogP contribution in [0.4, 0.5) is 0 Å². The highest BCUT2D eigenvalue weighted by Gasteiger charge is 2.24. The average molecular weight is 376 g/mol. The number of hydrogen-bond acceptors (Lipinski definition) is 4. The van der Waals surface area contributed by atoms with E-state index in [1.54, 1.807) is 37.3 Å². The number of rotatable bonds is 4. The summed E-state index contributed by atoms with van der Waals surface area (Å²) in [7, 11) is -2.00. The summed E-state index contributed by atoms with van der Waals surface area (Å²) >= 11 is 4.70. The van der Waals surface area contributed by atoms with Gasteiger partial charge in [-0.1, -0.05) is 12.1 Å². The second-order valence-corrected chi connectivity index (χ2v) is 9.05. The highest BCUT2D eigenvalue weighted by atomic mass is 79.9. The van der Waals surface area contributed by atoms with E-state index in [1.807, 2.05) is 0 Å². The molecule has 0 fully saturated rings. The molecule has 20 heavy (non-hydrogen) atoms. The molecule has 0 aliphatic rings. The highest BCUT2D eigenvalue weighted by Crippen LogP contribution is 2.31.